The van der Waals surface area contributed by atoms with Crippen molar-refractivity contribution in [2.75, 3.05) is 6.54 Å². The Bertz CT molecular complexity index is 510. The molecule has 1 aromatic rings. The fourth-order valence-electron chi connectivity index (χ4n) is 2.61. The second-order valence-electron chi connectivity index (χ2n) is 5.46. The van der Waals surface area contributed by atoms with Gasteiger partial charge in [-0.2, -0.15) is 0 Å². The summed E-state index contributed by atoms with van der Waals surface area (Å²) in [5.41, 5.74) is -0.0481. The van der Waals surface area contributed by atoms with Crippen LogP contribution < -0.4 is 10.6 Å². The maximum atomic E-state index is 12.7. The van der Waals surface area contributed by atoms with Gasteiger partial charge in [0.2, 0.25) is 0 Å². The number of carbonyl (C=O) groups is 2. The molecule has 0 radical (unpaired) electrons. The summed E-state index contributed by atoms with van der Waals surface area (Å²) in [4.78, 5) is 23.1. The topological polar surface area (TPSA) is 78.4 Å². The second-order valence-corrected chi connectivity index (χ2v) is 5.46. The predicted molar refractivity (Wildman–Crippen MR) is 75.2 cm³/mol. The Labute approximate surface area is 122 Å². The molecule has 1 aliphatic carbocycles. The smallest absolute Gasteiger partial charge is 0.315 e. The van der Waals surface area contributed by atoms with E-state index in [2.05, 4.69) is 10.6 Å². The van der Waals surface area contributed by atoms with Crippen molar-refractivity contribution in [1.29, 1.82) is 0 Å². The van der Waals surface area contributed by atoms with Crippen LogP contribution in [0.4, 0.5) is 9.18 Å². The van der Waals surface area contributed by atoms with E-state index in [0.717, 1.165) is 18.4 Å². The summed E-state index contributed by atoms with van der Waals surface area (Å²) in [5, 5.41) is 14.6. The first-order valence-corrected chi connectivity index (χ1v) is 7.01. The Morgan fingerprint density at radius 3 is 2.33 bits per heavy atom. The number of carboxylic acids is 1. The summed E-state index contributed by atoms with van der Waals surface area (Å²) in [6.45, 7) is 0.407. The lowest BCUT2D eigenvalue weighted by atomic mass is 9.86. The molecule has 0 atom stereocenters. The Kier molecular flexibility index (Phi) is 4.77. The van der Waals surface area contributed by atoms with Gasteiger partial charge in [-0.1, -0.05) is 25.0 Å². The predicted octanol–water partition coefficient (Wildman–Crippen LogP) is 2.27. The van der Waals surface area contributed by atoms with Gasteiger partial charge in [-0.05, 0) is 30.5 Å². The molecule has 2 amide bonds. The lowest BCUT2D eigenvalue weighted by molar-refractivity contribution is -0.148. The number of rotatable bonds is 5. The van der Waals surface area contributed by atoms with E-state index < -0.39 is 17.4 Å². The normalized spacial score (nSPS) is 16.4. The molecule has 0 unspecified atom stereocenters. The van der Waals surface area contributed by atoms with Gasteiger partial charge in [0.1, 0.15) is 5.82 Å². The molecule has 3 N–H and O–H groups in total. The molecule has 114 valence electrons. The number of amides is 2. The summed E-state index contributed by atoms with van der Waals surface area (Å²) in [6.07, 6.45) is 2.96. The van der Waals surface area contributed by atoms with Crippen molar-refractivity contribution in [2.24, 2.45) is 5.41 Å². The molecule has 1 saturated carbocycles. The lowest BCUT2D eigenvalue weighted by Crippen LogP contribution is -2.44. The van der Waals surface area contributed by atoms with Crippen LogP contribution in [0.3, 0.4) is 0 Å². The van der Waals surface area contributed by atoms with Crippen molar-refractivity contribution in [3.8, 4) is 0 Å². The van der Waals surface area contributed by atoms with Gasteiger partial charge in [0.25, 0.3) is 0 Å². The van der Waals surface area contributed by atoms with Gasteiger partial charge in [0.05, 0.1) is 5.41 Å². The van der Waals surface area contributed by atoms with Crippen LogP contribution in [0.15, 0.2) is 24.3 Å². The van der Waals surface area contributed by atoms with Crippen LogP contribution in [0.5, 0.6) is 0 Å². The van der Waals surface area contributed by atoms with Gasteiger partial charge < -0.3 is 15.7 Å². The van der Waals surface area contributed by atoms with Crippen LogP contribution in [0.25, 0.3) is 0 Å². The zero-order chi connectivity index (χ0) is 15.3. The van der Waals surface area contributed by atoms with E-state index in [1.165, 1.54) is 12.1 Å². The van der Waals surface area contributed by atoms with Gasteiger partial charge in [-0.25, -0.2) is 9.18 Å². The molecular formula is C15H19FN2O3. The number of halogens is 1. The van der Waals surface area contributed by atoms with E-state index in [0.29, 0.717) is 12.8 Å². The molecule has 6 heteroatoms. The molecule has 2 rings (SSSR count). The second kappa shape index (κ2) is 6.56. The monoisotopic (exact) mass is 294 g/mol. The SMILES string of the molecule is O=C(NCc1ccc(F)cc1)NCC1(C(=O)O)CCCC1. The van der Waals surface area contributed by atoms with Crippen molar-refractivity contribution in [3.05, 3.63) is 35.6 Å². The highest BCUT2D eigenvalue weighted by Gasteiger charge is 2.41. The Balaban J connectivity index is 1.79. The van der Waals surface area contributed by atoms with Crippen LogP contribution in [0.2, 0.25) is 0 Å². The van der Waals surface area contributed by atoms with Crippen LogP contribution in [-0.4, -0.2) is 23.7 Å². The van der Waals surface area contributed by atoms with E-state index in [9.17, 15) is 19.1 Å². The number of carboxylic acid groups (broad SMARTS) is 1. The maximum Gasteiger partial charge on any atom is 0.315 e. The van der Waals surface area contributed by atoms with Gasteiger partial charge in [-0.15, -0.1) is 0 Å². The summed E-state index contributed by atoms with van der Waals surface area (Å²) in [5.74, 6) is -1.17. The van der Waals surface area contributed by atoms with Crippen LogP contribution >= 0.6 is 0 Å². The van der Waals surface area contributed by atoms with Crippen molar-refractivity contribution < 1.29 is 19.1 Å². The fraction of sp³-hybridized carbons (Fsp3) is 0.467. The van der Waals surface area contributed by atoms with Gasteiger partial charge >= 0.3 is 12.0 Å². The van der Waals surface area contributed by atoms with Gasteiger partial charge in [0, 0.05) is 13.1 Å². The maximum absolute atomic E-state index is 12.7. The number of nitrogens with one attached hydrogen (secondary N) is 2. The minimum absolute atomic E-state index is 0.136. The fourth-order valence-corrected chi connectivity index (χ4v) is 2.61. The molecule has 1 aliphatic rings. The third-order valence-electron chi connectivity index (χ3n) is 3.97. The zero-order valence-corrected chi connectivity index (χ0v) is 11.7. The van der Waals surface area contributed by atoms with E-state index in [1.54, 1.807) is 12.1 Å². The average Bonchev–Trinajstić information content (AvgIpc) is 2.95. The molecule has 0 heterocycles. The highest BCUT2D eigenvalue weighted by molar-refractivity contribution is 5.78. The van der Waals surface area contributed by atoms with Crippen LogP contribution in [0.1, 0.15) is 31.2 Å². The van der Waals surface area contributed by atoms with Crippen molar-refractivity contribution in [3.63, 3.8) is 0 Å². The van der Waals surface area contributed by atoms with Crippen LogP contribution in [0, 0.1) is 11.2 Å². The first kappa shape index (κ1) is 15.3. The Hall–Kier alpha value is -2.11. The summed E-state index contributed by atoms with van der Waals surface area (Å²) >= 11 is 0. The molecule has 0 bridgehead atoms. The number of urea groups is 1. The van der Waals surface area contributed by atoms with Crippen molar-refractivity contribution in [1.82, 2.24) is 10.6 Å². The van der Waals surface area contributed by atoms with E-state index in [-0.39, 0.29) is 18.9 Å². The summed E-state index contributed by atoms with van der Waals surface area (Å²) < 4.78 is 12.7. The van der Waals surface area contributed by atoms with Gasteiger partial charge in [0.15, 0.2) is 0 Å². The quantitative estimate of drug-likeness (QED) is 0.779. The Morgan fingerprint density at radius 2 is 1.76 bits per heavy atom. The minimum Gasteiger partial charge on any atom is -0.481 e. The average molecular weight is 294 g/mol. The third kappa shape index (κ3) is 3.93. The standard InChI is InChI=1S/C15H19FN2O3/c16-12-5-3-11(4-6-12)9-17-14(21)18-10-15(13(19)20)7-1-2-8-15/h3-6H,1-2,7-10H2,(H,19,20)(H2,17,18,21). The van der Waals surface area contributed by atoms with Gasteiger partial charge in [-0.3, -0.25) is 4.79 Å². The van der Waals surface area contributed by atoms with E-state index >= 15 is 0 Å². The molecule has 0 saturated heterocycles. The lowest BCUT2D eigenvalue weighted by Gasteiger charge is -2.24. The first-order valence-electron chi connectivity index (χ1n) is 7.01. The van der Waals surface area contributed by atoms with Crippen molar-refractivity contribution >= 4 is 12.0 Å². The number of hydrogen-bond acceptors (Lipinski definition) is 2. The third-order valence-corrected chi connectivity index (χ3v) is 3.97. The molecule has 21 heavy (non-hydrogen) atoms. The van der Waals surface area contributed by atoms with Crippen molar-refractivity contribution in [2.45, 2.75) is 32.2 Å². The minimum atomic E-state index is -0.848. The molecule has 0 aromatic heterocycles. The summed E-state index contributed by atoms with van der Waals surface area (Å²) in [7, 11) is 0. The van der Waals surface area contributed by atoms with E-state index in [1.807, 2.05) is 0 Å². The highest BCUT2D eigenvalue weighted by atomic mass is 19.1. The zero-order valence-electron chi connectivity index (χ0n) is 11.7. The number of aliphatic carboxylic acids is 1. The molecular weight excluding hydrogens is 275 g/mol. The number of benzene rings is 1. The highest BCUT2D eigenvalue weighted by Crippen LogP contribution is 2.37. The summed E-state index contributed by atoms with van der Waals surface area (Å²) in [6, 6.07) is 5.42. The molecule has 1 fully saturated rings. The first-order chi connectivity index (χ1) is 10.0. The van der Waals surface area contributed by atoms with E-state index in [4.69, 9.17) is 0 Å². The molecule has 0 spiro atoms. The molecule has 0 aliphatic heterocycles. The molecule has 5 nitrogen and oxygen atoms in total. The molecule has 1 aromatic carbocycles. The number of hydrogen-bond donors (Lipinski definition) is 3. The largest absolute Gasteiger partial charge is 0.481 e. The van der Waals surface area contributed by atoms with Crippen LogP contribution in [-0.2, 0) is 11.3 Å². The Morgan fingerprint density at radius 1 is 1.14 bits per heavy atom. The number of carbonyl (C=O) groups excluding carboxylic acids is 1.